The highest BCUT2D eigenvalue weighted by molar-refractivity contribution is 5.78. The van der Waals surface area contributed by atoms with E-state index in [9.17, 15) is 0 Å². The number of nitrogens with two attached hydrogens (primary N) is 1. The number of hydrogen-bond donors (Lipinski definition) is 1. The van der Waals surface area contributed by atoms with Gasteiger partial charge >= 0.3 is 0 Å². The van der Waals surface area contributed by atoms with Crippen LogP contribution < -0.4 is 10.6 Å². The first kappa shape index (κ1) is 11.5. The van der Waals surface area contributed by atoms with Crippen molar-refractivity contribution in [2.24, 2.45) is 0 Å². The van der Waals surface area contributed by atoms with Gasteiger partial charge < -0.3 is 10.6 Å². The Bertz CT molecular complexity index is 712. The van der Waals surface area contributed by atoms with Gasteiger partial charge in [0.2, 0.25) is 5.95 Å². The SMILES string of the molecule is CN(C)c1ccc(-c2cccn3nc(N)nc23)cc1. The molecule has 5 heteroatoms. The fourth-order valence-corrected chi connectivity index (χ4v) is 2.09. The summed E-state index contributed by atoms with van der Waals surface area (Å²) >= 11 is 0. The van der Waals surface area contributed by atoms with Gasteiger partial charge in [0.05, 0.1) is 0 Å². The van der Waals surface area contributed by atoms with E-state index in [0.29, 0.717) is 0 Å². The zero-order valence-corrected chi connectivity index (χ0v) is 10.9. The van der Waals surface area contributed by atoms with Gasteiger partial charge in [0.1, 0.15) is 0 Å². The van der Waals surface area contributed by atoms with Crippen molar-refractivity contribution in [3.63, 3.8) is 0 Å². The standard InChI is InChI=1S/C14H15N5/c1-18(2)11-7-5-10(6-8-11)12-4-3-9-19-13(12)16-14(15)17-19/h3-9H,1-2H3,(H2,15,17). The van der Waals surface area contributed by atoms with Crippen LogP contribution in [0.15, 0.2) is 42.6 Å². The van der Waals surface area contributed by atoms with E-state index >= 15 is 0 Å². The molecule has 0 aliphatic carbocycles. The second-order valence-electron chi connectivity index (χ2n) is 4.60. The van der Waals surface area contributed by atoms with Crippen LogP contribution in [0.25, 0.3) is 16.8 Å². The van der Waals surface area contributed by atoms with Crippen LogP contribution in [0, 0.1) is 0 Å². The lowest BCUT2D eigenvalue weighted by Gasteiger charge is -2.12. The summed E-state index contributed by atoms with van der Waals surface area (Å²) in [5.74, 6) is 0.289. The van der Waals surface area contributed by atoms with Gasteiger partial charge in [-0.15, -0.1) is 5.10 Å². The average Bonchev–Trinajstić information content (AvgIpc) is 2.78. The first-order valence-electron chi connectivity index (χ1n) is 6.04. The van der Waals surface area contributed by atoms with E-state index in [1.165, 1.54) is 0 Å². The Hall–Kier alpha value is -2.56. The molecule has 5 nitrogen and oxygen atoms in total. The smallest absolute Gasteiger partial charge is 0.240 e. The van der Waals surface area contributed by atoms with Crippen LogP contribution in [0.1, 0.15) is 0 Å². The van der Waals surface area contributed by atoms with E-state index in [1.54, 1.807) is 4.52 Å². The van der Waals surface area contributed by atoms with Gasteiger partial charge in [-0.25, -0.2) is 4.52 Å². The largest absolute Gasteiger partial charge is 0.378 e. The van der Waals surface area contributed by atoms with E-state index in [1.807, 2.05) is 32.4 Å². The molecule has 0 atom stereocenters. The quantitative estimate of drug-likeness (QED) is 0.759. The molecule has 2 heterocycles. The molecule has 19 heavy (non-hydrogen) atoms. The zero-order valence-electron chi connectivity index (χ0n) is 10.9. The second-order valence-corrected chi connectivity index (χ2v) is 4.60. The van der Waals surface area contributed by atoms with Gasteiger partial charge in [0.25, 0.3) is 0 Å². The Kier molecular flexibility index (Phi) is 2.59. The van der Waals surface area contributed by atoms with E-state index in [0.717, 1.165) is 22.5 Å². The molecule has 0 radical (unpaired) electrons. The van der Waals surface area contributed by atoms with Crippen molar-refractivity contribution >= 4 is 17.3 Å². The number of rotatable bonds is 2. The molecule has 3 rings (SSSR count). The van der Waals surface area contributed by atoms with E-state index < -0.39 is 0 Å². The molecule has 2 N–H and O–H groups in total. The topological polar surface area (TPSA) is 59.5 Å². The van der Waals surface area contributed by atoms with Crippen molar-refractivity contribution in [1.29, 1.82) is 0 Å². The molecule has 0 saturated heterocycles. The molecule has 1 aromatic carbocycles. The molecule has 0 unspecified atom stereocenters. The van der Waals surface area contributed by atoms with Crippen molar-refractivity contribution in [3.05, 3.63) is 42.6 Å². The maximum Gasteiger partial charge on any atom is 0.240 e. The van der Waals surface area contributed by atoms with E-state index in [-0.39, 0.29) is 5.95 Å². The summed E-state index contributed by atoms with van der Waals surface area (Å²) in [6.07, 6.45) is 1.84. The lowest BCUT2D eigenvalue weighted by molar-refractivity contribution is 0.969. The third kappa shape index (κ3) is 1.99. The molecule has 0 spiro atoms. The van der Waals surface area contributed by atoms with Gasteiger partial charge in [-0.2, -0.15) is 4.98 Å². The summed E-state index contributed by atoms with van der Waals surface area (Å²) in [6, 6.07) is 12.3. The maximum absolute atomic E-state index is 5.65. The first-order chi connectivity index (χ1) is 9.15. The van der Waals surface area contributed by atoms with Gasteiger partial charge in [-0.1, -0.05) is 12.1 Å². The monoisotopic (exact) mass is 253 g/mol. The lowest BCUT2D eigenvalue weighted by Crippen LogP contribution is -2.07. The summed E-state index contributed by atoms with van der Waals surface area (Å²) < 4.78 is 1.70. The van der Waals surface area contributed by atoms with E-state index in [2.05, 4.69) is 39.2 Å². The highest BCUT2D eigenvalue weighted by atomic mass is 15.3. The number of nitrogen functional groups attached to an aromatic ring is 1. The average molecular weight is 253 g/mol. The fraction of sp³-hybridized carbons (Fsp3) is 0.143. The van der Waals surface area contributed by atoms with Crippen LogP contribution in [0.3, 0.4) is 0 Å². The number of hydrogen-bond acceptors (Lipinski definition) is 4. The molecule has 0 bridgehead atoms. The minimum atomic E-state index is 0.289. The van der Waals surface area contributed by atoms with Gasteiger partial charge in [-0.05, 0) is 29.8 Å². The Balaban J connectivity index is 2.13. The molecule has 0 aliphatic heterocycles. The summed E-state index contributed by atoms with van der Waals surface area (Å²) in [5, 5.41) is 4.12. The Morgan fingerprint density at radius 2 is 1.84 bits per heavy atom. The van der Waals surface area contributed by atoms with Crippen LogP contribution in [0.2, 0.25) is 0 Å². The van der Waals surface area contributed by atoms with Gasteiger partial charge in [-0.3, -0.25) is 0 Å². The van der Waals surface area contributed by atoms with Gasteiger partial charge in [0.15, 0.2) is 5.65 Å². The summed E-state index contributed by atoms with van der Waals surface area (Å²) in [6.45, 7) is 0. The number of nitrogens with zero attached hydrogens (tertiary/aromatic N) is 4. The number of aromatic nitrogens is 3. The van der Waals surface area contributed by atoms with Gasteiger partial charge in [0, 0.05) is 31.5 Å². The number of benzene rings is 1. The number of pyridine rings is 1. The molecule has 0 saturated carbocycles. The van der Waals surface area contributed by atoms with Crippen molar-refractivity contribution in [3.8, 4) is 11.1 Å². The number of fused-ring (bicyclic) bond motifs is 1. The molecule has 0 amide bonds. The summed E-state index contributed by atoms with van der Waals surface area (Å²) in [5.41, 5.74) is 9.72. The van der Waals surface area contributed by atoms with Crippen LogP contribution >= 0.6 is 0 Å². The first-order valence-corrected chi connectivity index (χ1v) is 6.04. The lowest BCUT2D eigenvalue weighted by atomic mass is 10.1. The predicted molar refractivity (Wildman–Crippen MR) is 77.2 cm³/mol. The summed E-state index contributed by atoms with van der Waals surface area (Å²) in [4.78, 5) is 6.34. The minimum Gasteiger partial charge on any atom is -0.378 e. The number of anilines is 2. The molecule has 2 aromatic heterocycles. The fourth-order valence-electron chi connectivity index (χ4n) is 2.09. The van der Waals surface area contributed by atoms with Crippen LogP contribution in [-0.4, -0.2) is 28.7 Å². The highest BCUT2D eigenvalue weighted by Gasteiger charge is 2.08. The molecule has 0 fully saturated rings. The summed E-state index contributed by atoms with van der Waals surface area (Å²) in [7, 11) is 4.05. The third-order valence-corrected chi connectivity index (χ3v) is 3.07. The Labute approximate surface area is 111 Å². The van der Waals surface area contributed by atoms with Crippen LogP contribution in [0.4, 0.5) is 11.6 Å². The molecule has 96 valence electrons. The predicted octanol–water partition coefficient (Wildman–Crippen LogP) is 2.04. The molecule has 0 aliphatic rings. The van der Waals surface area contributed by atoms with Crippen molar-refractivity contribution in [2.45, 2.75) is 0 Å². The Morgan fingerprint density at radius 3 is 2.53 bits per heavy atom. The molecular weight excluding hydrogens is 238 g/mol. The zero-order chi connectivity index (χ0) is 13.4. The van der Waals surface area contributed by atoms with Crippen LogP contribution in [0.5, 0.6) is 0 Å². The van der Waals surface area contributed by atoms with Crippen molar-refractivity contribution in [1.82, 2.24) is 14.6 Å². The van der Waals surface area contributed by atoms with E-state index in [4.69, 9.17) is 5.73 Å². The van der Waals surface area contributed by atoms with Crippen molar-refractivity contribution < 1.29 is 0 Å². The van der Waals surface area contributed by atoms with Crippen LogP contribution in [-0.2, 0) is 0 Å². The highest BCUT2D eigenvalue weighted by Crippen LogP contribution is 2.25. The van der Waals surface area contributed by atoms with Crippen molar-refractivity contribution in [2.75, 3.05) is 24.7 Å². The second kappa shape index (κ2) is 4.28. The Morgan fingerprint density at radius 1 is 1.11 bits per heavy atom. The molecular formula is C14H15N5. The molecule has 3 aromatic rings. The maximum atomic E-state index is 5.65. The normalized spacial score (nSPS) is 10.8. The minimum absolute atomic E-state index is 0.289. The third-order valence-electron chi connectivity index (χ3n) is 3.07.